The van der Waals surface area contributed by atoms with E-state index in [0.29, 0.717) is 11.5 Å². The highest BCUT2D eigenvalue weighted by molar-refractivity contribution is 9.10. The van der Waals surface area contributed by atoms with Gasteiger partial charge < -0.3 is 4.98 Å². The predicted molar refractivity (Wildman–Crippen MR) is 55.8 cm³/mol. The van der Waals surface area contributed by atoms with Gasteiger partial charge in [0, 0.05) is 22.9 Å². The minimum Gasteiger partial charge on any atom is -0.305 e. The maximum absolute atomic E-state index is 11.0. The van der Waals surface area contributed by atoms with E-state index in [1.54, 1.807) is 12.3 Å². The molecular formula is C9H6BrN3O. The van der Waals surface area contributed by atoms with Crippen molar-refractivity contribution in [3.63, 3.8) is 0 Å². The normalized spacial score (nSPS) is 10.1. The number of nitrogens with zero attached hydrogens (tertiary/aromatic N) is 2. The number of halogens is 1. The molecule has 14 heavy (non-hydrogen) atoms. The van der Waals surface area contributed by atoms with Gasteiger partial charge >= 0.3 is 0 Å². The second-order valence-corrected chi connectivity index (χ2v) is 3.56. The third-order valence-corrected chi connectivity index (χ3v) is 2.11. The van der Waals surface area contributed by atoms with Crippen LogP contribution < -0.4 is 5.56 Å². The SMILES string of the molecule is O=c1ccnc(-c2ccc(Br)cn2)[nH]1. The Hall–Kier alpha value is -1.49. The van der Waals surface area contributed by atoms with Gasteiger partial charge in [-0.2, -0.15) is 0 Å². The Morgan fingerprint density at radius 3 is 2.71 bits per heavy atom. The predicted octanol–water partition coefficient (Wildman–Crippen LogP) is 1.59. The van der Waals surface area contributed by atoms with Crippen LogP contribution >= 0.6 is 15.9 Å². The van der Waals surface area contributed by atoms with Gasteiger partial charge in [0.05, 0.1) is 0 Å². The lowest BCUT2D eigenvalue weighted by atomic mass is 10.3. The van der Waals surface area contributed by atoms with Crippen molar-refractivity contribution in [2.45, 2.75) is 0 Å². The van der Waals surface area contributed by atoms with Crippen LogP contribution in [0.1, 0.15) is 0 Å². The summed E-state index contributed by atoms with van der Waals surface area (Å²) in [5.41, 5.74) is 0.464. The molecule has 2 aromatic heterocycles. The van der Waals surface area contributed by atoms with E-state index in [4.69, 9.17) is 0 Å². The smallest absolute Gasteiger partial charge is 0.251 e. The summed E-state index contributed by atoms with van der Waals surface area (Å²) in [6.07, 6.45) is 3.11. The number of hydrogen-bond donors (Lipinski definition) is 1. The largest absolute Gasteiger partial charge is 0.305 e. The fraction of sp³-hybridized carbons (Fsp3) is 0. The Morgan fingerprint density at radius 2 is 2.07 bits per heavy atom. The van der Waals surface area contributed by atoms with Gasteiger partial charge in [0.15, 0.2) is 5.82 Å². The molecule has 4 nitrogen and oxygen atoms in total. The molecule has 2 rings (SSSR count). The summed E-state index contributed by atoms with van der Waals surface area (Å²) in [5, 5.41) is 0. The molecular weight excluding hydrogens is 246 g/mol. The van der Waals surface area contributed by atoms with Crippen molar-refractivity contribution in [3.05, 3.63) is 45.4 Å². The van der Waals surface area contributed by atoms with E-state index in [-0.39, 0.29) is 5.56 Å². The average molecular weight is 252 g/mol. The summed E-state index contributed by atoms with van der Waals surface area (Å²) in [6.45, 7) is 0. The van der Waals surface area contributed by atoms with Gasteiger partial charge in [0.25, 0.3) is 5.56 Å². The zero-order chi connectivity index (χ0) is 9.97. The molecule has 2 aromatic rings. The lowest BCUT2D eigenvalue weighted by Crippen LogP contribution is -2.06. The fourth-order valence-corrected chi connectivity index (χ4v) is 1.25. The molecule has 0 saturated carbocycles. The average Bonchev–Trinajstić information content (AvgIpc) is 2.19. The molecule has 70 valence electrons. The number of hydrogen-bond acceptors (Lipinski definition) is 3. The Bertz CT molecular complexity index is 492. The number of pyridine rings is 1. The van der Waals surface area contributed by atoms with E-state index >= 15 is 0 Å². The van der Waals surface area contributed by atoms with Gasteiger partial charge in [-0.15, -0.1) is 0 Å². The maximum Gasteiger partial charge on any atom is 0.251 e. The van der Waals surface area contributed by atoms with Crippen LogP contribution in [-0.4, -0.2) is 15.0 Å². The van der Waals surface area contributed by atoms with Gasteiger partial charge in [0.1, 0.15) is 5.69 Å². The topological polar surface area (TPSA) is 58.6 Å². The van der Waals surface area contributed by atoms with E-state index in [9.17, 15) is 4.79 Å². The third-order valence-electron chi connectivity index (χ3n) is 1.64. The number of rotatable bonds is 1. The van der Waals surface area contributed by atoms with Crippen LogP contribution in [0.2, 0.25) is 0 Å². The van der Waals surface area contributed by atoms with Crippen LogP contribution in [0, 0.1) is 0 Å². The molecule has 0 saturated heterocycles. The first-order chi connectivity index (χ1) is 6.75. The maximum atomic E-state index is 11.0. The minimum absolute atomic E-state index is 0.181. The summed E-state index contributed by atoms with van der Waals surface area (Å²) in [5.74, 6) is 0.477. The third kappa shape index (κ3) is 1.88. The van der Waals surface area contributed by atoms with Crippen molar-refractivity contribution < 1.29 is 0 Å². The highest BCUT2D eigenvalue weighted by Gasteiger charge is 2.00. The van der Waals surface area contributed by atoms with Crippen molar-refractivity contribution in [1.29, 1.82) is 0 Å². The van der Waals surface area contributed by atoms with Crippen LogP contribution in [0.4, 0.5) is 0 Å². The van der Waals surface area contributed by atoms with E-state index in [0.717, 1.165) is 4.47 Å². The zero-order valence-corrected chi connectivity index (χ0v) is 8.65. The van der Waals surface area contributed by atoms with Gasteiger partial charge in [0.2, 0.25) is 0 Å². The molecule has 0 spiro atoms. The molecule has 5 heteroatoms. The monoisotopic (exact) mass is 251 g/mol. The first kappa shape index (κ1) is 9.08. The first-order valence-corrected chi connectivity index (χ1v) is 4.72. The zero-order valence-electron chi connectivity index (χ0n) is 7.07. The van der Waals surface area contributed by atoms with Crippen LogP contribution in [0.25, 0.3) is 11.5 Å². The van der Waals surface area contributed by atoms with E-state index in [1.807, 2.05) is 6.07 Å². The number of nitrogens with one attached hydrogen (secondary N) is 1. The number of aromatic nitrogens is 3. The quantitative estimate of drug-likeness (QED) is 0.838. The van der Waals surface area contributed by atoms with Gasteiger partial charge in [-0.1, -0.05) is 0 Å². The number of H-pyrrole nitrogens is 1. The standard InChI is InChI=1S/C9H6BrN3O/c10-6-1-2-7(12-5-6)9-11-4-3-8(14)13-9/h1-5H,(H,11,13,14). The van der Waals surface area contributed by atoms with Crippen LogP contribution in [0.5, 0.6) is 0 Å². The van der Waals surface area contributed by atoms with E-state index in [1.165, 1.54) is 12.3 Å². The van der Waals surface area contributed by atoms with Crippen molar-refractivity contribution in [2.24, 2.45) is 0 Å². The summed E-state index contributed by atoms with van der Waals surface area (Å²) in [4.78, 5) is 21.7. The molecule has 0 amide bonds. The second kappa shape index (κ2) is 3.71. The molecule has 0 unspecified atom stereocenters. The molecule has 0 radical (unpaired) electrons. The summed E-state index contributed by atoms with van der Waals surface area (Å²) < 4.78 is 0.888. The lowest BCUT2D eigenvalue weighted by Gasteiger charge is -1.98. The molecule has 2 heterocycles. The molecule has 0 bridgehead atoms. The van der Waals surface area contributed by atoms with Gasteiger partial charge in [-0.05, 0) is 28.1 Å². The Kier molecular flexibility index (Phi) is 2.41. The highest BCUT2D eigenvalue weighted by atomic mass is 79.9. The lowest BCUT2D eigenvalue weighted by molar-refractivity contribution is 1.10. The van der Waals surface area contributed by atoms with Crippen LogP contribution in [0.3, 0.4) is 0 Å². The minimum atomic E-state index is -0.181. The Balaban J connectivity index is 2.50. The Morgan fingerprint density at radius 1 is 1.21 bits per heavy atom. The van der Waals surface area contributed by atoms with Crippen molar-refractivity contribution in [1.82, 2.24) is 15.0 Å². The summed E-state index contributed by atoms with van der Waals surface area (Å²) >= 11 is 3.28. The van der Waals surface area contributed by atoms with Gasteiger partial charge in [-0.25, -0.2) is 4.98 Å². The van der Waals surface area contributed by atoms with Crippen molar-refractivity contribution in [3.8, 4) is 11.5 Å². The summed E-state index contributed by atoms with van der Waals surface area (Å²) in [7, 11) is 0. The highest BCUT2D eigenvalue weighted by Crippen LogP contribution is 2.13. The molecule has 0 aliphatic heterocycles. The van der Waals surface area contributed by atoms with Gasteiger partial charge in [-0.3, -0.25) is 9.78 Å². The van der Waals surface area contributed by atoms with Crippen molar-refractivity contribution in [2.75, 3.05) is 0 Å². The van der Waals surface area contributed by atoms with Crippen LogP contribution in [0.15, 0.2) is 39.9 Å². The van der Waals surface area contributed by atoms with Crippen molar-refractivity contribution >= 4 is 15.9 Å². The fourth-order valence-electron chi connectivity index (χ4n) is 1.02. The number of aromatic amines is 1. The molecule has 1 N–H and O–H groups in total. The molecule has 0 aliphatic carbocycles. The van der Waals surface area contributed by atoms with E-state index in [2.05, 4.69) is 30.9 Å². The van der Waals surface area contributed by atoms with Crippen LogP contribution in [-0.2, 0) is 0 Å². The van der Waals surface area contributed by atoms with E-state index < -0.39 is 0 Å². The second-order valence-electron chi connectivity index (χ2n) is 2.64. The molecule has 0 aromatic carbocycles. The summed E-state index contributed by atoms with van der Waals surface area (Å²) in [6, 6.07) is 4.99. The molecule has 0 aliphatic rings. The molecule has 0 fully saturated rings. The first-order valence-electron chi connectivity index (χ1n) is 3.93. The molecule has 0 atom stereocenters. The Labute approximate surface area is 88.2 Å².